The molecule has 2 rings (SSSR count). The molecule has 0 spiro atoms. The standard InChI is InChI=1S/C18H24N2O4/c21-15-8-6-14(7-9-15)20-17(22)12-16(18(23)24)19-11-10-13-4-2-1-3-5-13/h4,6-9,16,19,21H,1-3,5,10-12H2,(H,20,22)(H,23,24). The highest BCUT2D eigenvalue weighted by molar-refractivity contribution is 5.94. The Balaban J connectivity index is 1.79. The summed E-state index contributed by atoms with van der Waals surface area (Å²) in [6, 6.07) is 5.13. The van der Waals surface area contributed by atoms with Crippen LogP contribution in [-0.2, 0) is 9.59 Å². The van der Waals surface area contributed by atoms with Gasteiger partial charge in [0.15, 0.2) is 0 Å². The van der Waals surface area contributed by atoms with Gasteiger partial charge in [-0.05, 0) is 62.9 Å². The fourth-order valence-electron chi connectivity index (χ4n) is 2.73. The maximum atomic E-state index is 12.0. The Labute approximate surface area is 141 Å². The summed E-state index contributed by atoms with van der Waals surface area (Å²) in [4.78, 5) is 23.3. The molecule has 0 aliphatic heterocycles. The maximum Gasteiger partial charge on any atom is 0.321 e. The van der Waals surface area contributed by atoms with Crippen LogP contribution in [0.25, 0.3) is 0 Å². The fraction of sp³-hybridized carbons (Fsp3) is 0.444. The van der Waals surface area contributed by atoms with Gasteiger partial charge in [-0.25, -0.2) is 0 Å². The Morgan fingerprint density at radius 3 is 2.54 bits per heavy atom. The molecule has 1 aliphatic carbocycles. The number of aliphatic carboxylic acids is 1. The zero-order valence-electron chi connectivity index (χ0n) is 13.6. The predicted molar refractivity (Wildman–Crippen MR) is 91.9 cm³/mol. The zero-order chi connectivity index (χ0) is 17.4. The number of benzene rings is 1. The van der Waals surface area contributed by atoms with E-state index < -0.39 is 12.0 Å². The van der Waals surface area contributed by atoms with E-state index in [-0.39, 0.29) is 18.1 Å². The van der Waals surface area contributed by atoms with Gasteiger partial charge in [0, 0.05) is 5.69 Å². The molecule has 6 nitrogen and oxygen atoms in total. The Bertz CT molecular complexity index is 596. The van der Waals surface area contributed by atoms with E-state index >= 15 is 0 Å². The molecule has 4 N–H and O–H groups in total. The normalized spacial score (nSPS) is 15.4. The van der Waals surface area contributed by atoms with Gasteiger partial charge in [-0.2, -0.15) is 0 Å². The lowest BCUT2D eigenvalue weighted by molar-refractivity contribution is -0.141. The fourth-order valence-corrected chi connectivity index (χ4v) is 2.73. The highest BCUT2D eigenvalue weighted by Gasteiger charge is 2.20. The van der Waals surface area contributed by atoms with Crippen molar-refractivity contribution in [2.45, 2.75) is 44.6 Å². The average Bonchev–Trinajstić information content (AvgIpc) is 2.57. The molecule has 0 saturated heterocycles. The molecule has 1 atom stereocenters. The molecular formula is C18H24N2O4. The topological polar surface area (TPSA) is 98.7 Å². The number of carboxylic acids is 1. The van der Waals surface area contributed by atoms with Crippen molar-refractivity contribution in [2.75, 3.05) is 11.9 Å². The van der Waals surface area contributed by atoms with Crippen LogP contribution < -0.4 is 10.6 Å². The number of amides is 1. The van der Waals surface area contributed by atoms with Crippen molar-refractivity contribution >= 4 is 17.6 Å². The van der Waals surface area contributed by atoms with E-state index in [4.69, 9.17) is 0 Å². The van der Waals surface area contributed by atoms with Gasteiger partial charge in [0.05, 0.1) is 6.42 Å². The van der Waals surface area contributed by atoms with Crippen LogP contribution >= 0.6 is 0 Å². The minimum Gasteiger partial charge on any atom is -0.508 e. The number of phenols is 1. The smallest absolute Gasteiger partial charge is 0.321 e. The second-order valence-corrected chi connectivity index (χ2v) is 6.00. The molecule has 0 bridgehead atoms. The average molecular weight is 332 g/mol. The highest BCUT2D eigenvalue weighted by atomic mass is 16.4. The number of rotatable bonds is 8. The molecule has 1 amide bonds. The number of carbonyl (C=O) groups excluding carboxylic acids is 1. The van der Waals surface area contributed by atoms with Crippen LogP contribution in [0.15, 0.2) is 35.9 Å². The molecule has 1 unspecified atom stereocenters. The molecule has 0 aromatic heterocycles. The first-order valence-electron chi connectivity index (χ1n) is 8.27. The van der Waals surface area contributed by atoms with Crippen molar-refractivity contribution in [1.29, 1.82) is 0 Å². The molecule has 24 heavy (non-hydrogen) atoms. The molecule has 130 valence electrons. The van der Waals surface area contributed by atoms with E-state index in [2.05, 4.69) is 16.7 Å². The molecule has 0 heterocycles. The second kappa shape index (κ2) is 9.08. The third-order valence-corrected chi connectivity index (χ3v) is 4.06. The maximum absolute atomic E-state index is 12.0. The van der Waals surface area contributed by atoms with Crippen molar-refractivity contribution in [3.05, 3.63) is 35.9 Å². The summed E-state index contributed by atoms with van der Waals surface area (Å²) in [5, 5.41) is 24.1. The van der Waals surface area contributed by atoms with Crippen molar-refractivity contribution in [1.82, 2.24) is 5.32 Å². The number of hydrogen-bond donors (Lipinski definition) is 4. The lowest BCUT2D eigenvalue weighted by Crippen LogP contribution is -2.40. The van der Waals surface area contributed by atoms with E-state index in [1.807, 2.05) is 0 Å². The molecule has 6 heteroatoms. The second-order valence-electron chi connectivity index (χ2n) is 6.00. The van der Waals surface area contributed by atoms with Crippen LogP contribution in [0.3, 0.4) is 0 Å². The van der Waals surface area contributed by atoms with Crippen LogP contribution in [0.5, 0.6) is 5.75 Å². The summed E-state index contributed by atoms with van der Waals surface area (Å²) in [5.41, 5.74) is 1.89. The summed E-state index contributed by atoms with van der Waals surface area (Å²) in [6.45, 7) is 0.551. The van der Waals surface area contributed by atoms with Gasteiger partial charge in [-0.3, -0.25) is 9.59 Å². The van der Waals surface area contributed by atoms with Crippen molar-refractivity contribution < 1.29 is 19.8 Å². The summed E-state index contributed by atoms with van der Waals surface area (Å²) in [7, 11) is 0. The third kappa shape index (κ3) is 6.04. The lowest BCUT2D eigenvalue weighted by atomic mass is 9.97. The van der Waals surface area contributed by atoms with Crippen LogP contribution in [0.2, 0.25) is 0 Å². The summed E-state index contributed by atoms with van der Waals surface area (Å²) in [5.74, 6) is -1.30. The summed E-state index contributed by atoms with van der Waals surface area (Å²) < 4.78 is 0. The number of aromatic hydroxyl groups is 1. The molecule has 0 radical (unpaired) electrons. The van der Waals surface area contributed by atoms with Gasteiger partial charge in [-0.15, -0.1) is 0 Å². The molecule has 1 aromatic carbocycles. The number of allylic oxidation sites excluding steroid dienone is 1. The minimum absolute atomic E-state index is 0.107. The van der Waals surface area contributed by atoms with Crippen molar-refractivity contribution in [2.24, 2.45) is 0 Å². The zero-order valence-corrected chi connectivity index (χ0v) is 13.6. The van der Waals surface area contributed by atoms with Gasteiger partial charge >= 0.3 is 5.97 Å². The Hall–Kier alpha value is -2.34. The third-order valence-electron chi connectivity index (χ3n) is 4.06. The van der Waals surface area contributed by atoms with Crippen molar-refractivity contribution in [3.63, 3.8) is 0 Å². The Morgan fingerprint density at radius 2 is 1.92 bits per heavy atom. The number of nitrogens with one attached hydrogen (secondary N) is 2. The van der Waals surface area contributed by atoms with Gasteiger partial charge in [-0.1, -0.05) is 11.6 Å². The predicted octanol–water partition coefficient (Wildman–Crippen LogP) is 2.65. The first-order chi connectivity index (χ1) is 11.5. The largest absolute Gasteiger partial charge is 0.508 e. The van der Waals surface area contributed by atoms with Crippen LogP contribution in [0.1, 0.15) is 38.5 Å². The van der Waals surface area contributed by atoms with Crippen molar-refractivity contribution in [3.8, 4) is 5.75 Å². The summed E-state index contributed by atoms with van der Waals surface area (Å²) >= 11 is 0. The Kier molecular flexibility index (Phi) is 6.81. The van der Waals surface area contributed by atoms with E-state index in [0.29, 0.717) is 12.2 Å². The number of phenolic OH excluding ortho intramolecular Hbond substituents is 1. The number of anilines is 1. The quantitative estimate of drug-likeness (QED) is 0.433. The van der Waals surface area contributed by atoms with Gasteiger partial charge in [0.1, 0.15) is 11.8 Å². The SMILES string of the molecule is O=C(CC(NCCC1=CCCCC1)C(=O)O)Nc1ccc(O)cc1. The number of hydrogen-bond acceptors (Lipinski definition) is 4. The Morgan fingerprint density at radius 1 is 1.17 bits per heavy atom. The first-order valence-corrected chi connectivity index (χ1v) is 8.27. The summed E-state index contributed by atoms with van der Waals surface area (Å²) in [6.07, 6.45) is 7.53. The molecule has 1 aliphatic rings. The molecule has 0 fully saturated rings. The van der Waals surface area contributed by atoms with Crippen LogP contribution in [0.4, 0.5) is 5.69 Å². The number of carbonyl (C=O) groups is 2. The minimum atomic E-state index is -1.03. The van der Waals surface area contributed by atoms with Gasteiger partial charge in [0.25, 0.3) is 0 Å². The molecule has 0 saturated carbocycles. The van der Waals surface area contributed by atoms with E-state index in [0.717, 1.165) is 19.3 Å². The molecular weight excluding hydrogens is 308 g/mol. The highest BCUT2D eigenvalue weighted by Crippen LogP contribution is 2.19. The van der Waals surface area contributed by atoms with Gasteiger partial charge < -0.3 is 20.8 Å². The van der Waals surface area contributed by atoms with Gasteiger partial charge in [0.2, 0.25) is 5.91 Å². The van der Waals surface area contributed by atoms with E-state index in [1.165, 1.54) is 30.5 Å². The van der Waals surface area contributed by atoms with E-state index in [1.54, 1.807) is 12.1 Å². The molecule has 1 aromatic rings. The number of carboxylic acid groups (broad SMARTS) is 1. The van der Waals surface area contributed by atoms with Crippen LogP contribution in [-0.4, -0.2) is 34.7 Å². The lowest BCUT2D eigenvalue weighted by Gasteiger charge is -2.17. The monoisotopic (exact) mass is 332 g/mol. The van der Waals surface area contributed by atoms with Crippen LogP contribution in [0, 0.1) is 0 Å². The first kappa shape index (κ1) is 18.0. The van der Waals surface area contributed by atoms with E-state index in [9.17, 15) is 19.8 Å².